The molecule has 0 unspecified atom stereocenters. The number of aromatic amines is 1. The molecule has 1 aromatic heterocycles. The molecule has 4 heteroatoms. The number of nitrogens with zero attached hydrogens (tertiary/aromatic N) is 1. The van der Waals surface area contributed by atoms with Crippen molar-refractivity contribution >= 4 is 27.3 Å². The lowest BCUT2D eigenvalue weighted by molar-refractivity contribution is 1.05. The summed E-state index contributed by atoms with van der Waals surface area (Å²) < 4.78 is 1.04. The highest BCUT2D eigenvalue weighted by Crippen LogP contribution is 2.25. The fourth-order valence-corrected chi connectivity index (χ4v) is 1.57. The highest BCUT2D eigenvalue weighted by atomic mass is 79.9. The highest BCUT2D eigenvalue weighted by molar-refractivity contribution is 9.10. The Morgan fingerprint density at radius 2 is 2.07 bits per heavy atom. The number of H-pyrrole nitrogens is 1. The van der Waals surface area contributed by atoms with Crippen LogP contribution >= 0.6 is 15.9 Å². The van der Waals surface area contributed by atoms with E-state index in [1.165, 1.54) is 0 Å². The van der Waals surface area contributed by atoms with Gasteiger partial charge in [-0.05, 0) is 35.0 Å². The molecule has 0 bridgehead atoms. The molecule has 1 heterocycles. The number of rotatable bonds is 2. The van der Waals surface area contributed by atoms with Crippen LogP contribution in [0.5, 0.6) is 0 Å². The third kappa shape index (κ3) is 1.80. The summed E-state index contributed by atoms with van der Waals surface area (Å²) in [6, 6.07) is 7.98. The summed E-state index contributed by atoms with van der Waals surface area (Å²) in [7, 11) is 0. The average Bonchev–Trinajstić information content (AvgIpc) is 2.56. The fraction of sp³-hybridized carbons (Fsp3) is 0.100. The van der Waals surface area contributed by atoms with Crippen LogP contribution in [0.1, 0.15) is 5.69 Å². The van der Waals surface area contributed by atoms with E-state index in [2.05, 4.69) is 31.4 Å². The largest absolute Gasteiger partial charge is 0.352 e. The molecule has 0 atom stereocenters. The summed E-state index contributed by atoms with van der Waals surface area (Å²) in [5.74, 6) is 0. The van der Waals surface area contributed by atoms with Crippen molar-refractivity contribution in [2.75, 3.05) is 5.32 Å². The lowest BCUT2D eigenvalue weighted by atomic mass is 10.3. The highest BCUT2D eigenvalue weighted by Gasteiger charge is 2.02. The molecule has 0 aliphatic carbocycles. The number of halogens is 1. The summed E-state index contributed by atoms with van der Waals surface area (Å²) in [6.45, 7) is 1.98. The second-order valence-corrected chi connectivity index (χ2v) is 3.87. The first-order valence-corrected chi connectivity index (χ1v) is 5.08. The van der Waals surface area contributed by atoms with Crippen LogP contribution in [0.15, 0.2) is 34.9 Å². The maximum atomic E-state index is 3.94. The number of nitrogens with one attached hydrogen (secondary N) is 2. The zero-order valence-corrected chi connectivity index (χ0v) is 9.30. The molecule has 3 nitrogen and oxygen atoms in total. The minimum Gasteiger partial charge on any atom is -0.352 e. The van der Waals surface area contributed by atoms with Gasteiger partial charge in [-0.2, -0.15) is 5.10 Å². The molecule has 1 aromatic carbocycles. The standard InChI is InChI=1S/C10H10BrN3/c1-7-10(6-12-14-7)13-9-5-3-2-4-8(9)11/h2-6,13H,1H3,(H,12,14). The average molecular weight is 252 g/mol. The molecule has 0 spiro atoms. The number of hydrogen-bond donors (Lipinski definition) is 2. The van der Waals surface area contributed by atoms with Crippen molar-refractivity contribution in [3.8, 4) is 0 Å². The first-order chi connectivity index (χ1) is 6.77. The monoisotopic (exact) mass is 251 g/mol. The molecule has 14 heavy (non-hydrogen) atoms. The van der Waals surface area contributed by atoms with Crippen molar-refractivity contribution in [3.05, 3.63) is 40.6 Å². The molecule has 2 rings (SSSR count). The number of hydrogen-bond acceptors (Lipinski definition) is 2. The topological polar surface area (TPSA) is 40.7 Å². The Morgan fingerprint density at radius 1 is 1.29 bits per heavy atom. The third-order valence-electron chi connectivity index (χ3n) is 1.97. The first kappa shape index (κ1) is 9.27. The van der Waals surface area contributed by atoms with Gasteiger partial charge < -0.3 is 5.32 Å². The number of benzene rings is 1. The molecule has 0 aliphatic rings. The second-order valence-electron chi connectivity index (χ2n) is 3.01. The lowest BCUT2D eigenvalue weighted by Crippen LogP contribution is -1.91. The van der Waals surface area contributed by atoms with Crippen molar-refractivity contribution in [3.63, 3.8) is 0 Å². The second kappa shape index (κ2) is 3.84. The van der Waals surface area contributed by atoms with Gasteiger partial charge in [-0.15, -0.1) is 0 Å². The van der Waals surface area contributed by atoms with Gasteiger partial charge in [0.05, 0.1) is 23.3 Å². The molecule has 0 fully saturated rings. The van der Waals surface area contributed by atoms with Crippen molar-refractivity contribution in [1.29, 1.82) is 0 Å². The van der Waals surface area contributed by atoms with Crippen LogP contribution in [0.25, 0.3) is 0 Å². The number of aromatic nitrogens is 2. The van der Waals surface area contributed by atoms with E-state index in [9.17, 15) is 0 Å². The van der Waals surface area contributed by atoms with E-state index >= 15 is 0 Å². The molecule has 72 valence electrons. The van der Waals surface area contributed by atoms with Crippen LogP contribution in [0, 0.1) is 6.92 Å². The lowest BCUT2D eigenvalue weighted by Gasteiger charge is -2.06. The van der Waals surface area contributed by atoms with Gasteiger partial charge in [-0.3, -0.25) is 5.10 Å². The van der Waals surface area contributed by atoms with E-state index in [1.54, 1.807) is 6.20 Å². The predicted octanol–water partition coefficient (Wildman–Crippen LogP) is 3.22. The van der Waals surface area contributed by atoms with Crippen LogP contribution in [0.3, 0.4) is 0 Å². The molecule has 0 aliphatic heterocycles. The van der Waals surface area contributed by atoms with Gasteiger partial charge in [-0.25, -0.2) is 0 Å². The van der Waals surface area contributed by atoms with Crippen molar-refractivity contribution in [1.82, 2.24) is 10.2 Å². The zero-order chi connectivity index (χ0) is 9.97. The Labute approximate surface area is 90.7 Å². The number of aryl methyl sites for hydroxylation is 1. The van der Waals surface area contributed by atoms with E-state index in [4.69, 9.17) is 0 Å². The Morgan fingerprint density at radius 3 is 2.71 bits per heavy atom. The summed E-state index contributed by atoms with van der Waals surface area (Å²) in [5, 5.41) is 10.1. The van der Waals surface area contributed by atoms with E-state index < -0.39 is 0 Å². The quantitative estimate of drug-likeness (QED) is 0.861. The van der Waals surface area contributed by atoms with E-state index in [0.29, 0.717) is 0 Å². The molecular weight excluding hydrogens is 242 g/mol. The molecule has 0 radical (unpaired) electrons. The van der Waals surface area contributed by atoms with Gasteiger partial charge in [0.2, 0.25) is 0 Å². The molecule has 2 N–H and O–H groups in total. The third-order valence-corrected chi connectivity index (χ3v) is 2.66. The van der Waals surface area contributed by atoms with Crippen LogP contribution in [-0.4, -0.2) is 10.2 Å². The molecule has 2 aromatic rings. The van der Waals surface area contributed by atoms with Crippen LogP contribution < -0.4 is 5.32 Å². The molecule has 0 amide bonds. The number of para-hydroxylation sites is 1. The van der Waals surface area contributed by atoms with Gasteiger partial charge in [0, 0.05) is 4.47 Å². The maximum Gasteiger partial charge on any atom is 0.0797 e. The fourth-order valence-electron chi connectivity index (χ4n) is 1.18. The minimum absolute atomic E-state index is 0.997. The molecule has 0 saturated heterocycles. The Hall–Kier alpha value is -1.29. The Balaban J connectivity index is 2.28. The molecule has 0 saturated carbocycles. The zero-order valence-electron chi connectivity index (χ0n) is 7.71. The Bertz CT molecular complexity index is 436. The van der Waals surface area contributed by atoms with Crippen molar-refractivity contribution < 1.29 is 0 Å². The van der Waals surface area contributed by atoms with E-state index in [1.807, 2.05) is 31.2 Å². The van der Waals surface area contributed by atoms with Crippen LogP contribution in [0.2, 0.25) is 0 Å². The van der Waals surface area contributed by atoms with Gasteiger partial charge in [0.1, 0.15) is 0 Å². The van der Waals surface area contributed by atoms with E-state index in [0.717, 1.165) is 21.5 Å². The predicted molar refractivity (Wildman–Crippen MR) is 60.7 cm³/mol. The van der Waals surface area contributed by atoms with Gasteiger partial charge >= 0.3 is 0 Å². The van der Waals surface area contributed by atoms with Crippen LogP contribution in [-0.2, 0) is 0 Å². The maximum absolute atomic E-state index is 3.94. The van der Waals surface area contributed by atoms with Gasteiger partial charge in [0.15, 0.2) is 0 Å². The number of anilines is 2. The van der Waals surface area contributed by atoms with Gasteiger partial charge in [0.25, 0.3) is 0 Å². The summed E-state index contributed by atoms with van der Waals surface area (Å²) >= 11 is 3.47. The first-order valence-electron chi connectivity index (χ1n) is 4.29. The Kier molecular flexibility index (Phi) is 2.54. The SMILES string of the molecule is Cc1[nH]ncc1Nc1ccccc1Br. The normalized spacial score (nSPS) is 10.1. The smallest absolute Gasteiger partial charge is 0.0797 e. The summed E-state index contributed by atoms with van der Waals surface area (Å²) in [6.07, 6.45) is 1.77. The van der Waals surface area contributed by atoms with Gasteiger partial charge in [-0.1, -0.05) is 12.1 Å². The van der Waals surface area contributed by atoms with Crippen molar-refractivity contribution in [2.45, 2.75) is 6.92 Å². The van der Waals surface area contributed by atoms with E-state index in [-0.39, 0.29) is 0 Å². The summed E-state index contributed by atoms with van der Waals surface area (Å²) in [5.41, 5.74) is 3.06. The van der Waals surface area contributed by atoms with Crippen LogP contribution in [0.4, 0.5) is 11.4 Å². The summed E-state index contributed by atoms with van der Waals surface area (Å²) in [4.78, 5) is 0. The minimum atomic E-state index is 0.997. The van der Waals surface area contributed by atoms with Crippen molar-refractivity contribution in [2.24, 2.45) is 0 Å². The molecular formula is C10H10BrN3.